The Kier molecular flexibility index (Phi) is 6.89. The molecule has 3 nitrogen and oxygen atoms in total. The van der Waals surface area contributed by atoms with Crippen LogP contribution in [0.15, 0.2) is 18.2 Å². The lowest BCUT2D eigenvalue weighted by Crippen LogP contribution is -2.25. The van der Waals surface area contributed by atoms with Crippen molar-refractivity contribution in [1.29, 1.82) is 0 Å². The monoisotopic (exact) mass is 264 g/mol. The molecular weight excluding hydrogens is 236 g/mol. The normalized spacial score (nSPS) is 11.1. The molecule has 1 aromatic carbocycles. The van der Waals surface area contributed by atoms with E-state index in [0.29, 0.717) is 5.92 Å². The Labute approximate surface area is 118 Å². The van der Waals surface area contributed by atoms with Gasteiger partial charge in [-0.15, -0.1) is 0 Å². The Morgan fingerprint density at radius 2 is 2.05 bits per heavy atom. The van der Waals surface area contributed by atoms with E-state index in [0.717, 1.165) is 26.2 Å². The summed E-state index contributed by atoms with van der Waals surface area (Å²) in [5.41, 5.74) is 3.99. The maximum Gasteiger partial charge on any atom is 0.0587 e. The Morgan fingerprint density at radius 1 is 1.32 bits per heavy atom. The van der Waals surface area contributed by atoms with Gasteiger partial charge < -0.3 is 15.0 Å². The van der Waals surface area contributed by atoms with Crippen molar-refractivity contribution in [2.75, 3.05) is 38.8 Å². The zero-order valence-corrected chi connectivity index (χ0v) is 13.0. The minimum atomic E-state index is 0.667. The third-order valence-corrected chi connectivity index (χ3v) is 3.08. The van der Waals surface area contributed by atoms with Crippen LogP contribution in [0.3, 0.4) is 0 Å². The summed E-state index contributed by atoms with van der Waals surface area (Å²) in [7, 11) is 3.90. The van der Waals surface area contributed by atoms with Gasteiger partial charge in [0.25, 0.3) is 0 Å². The summed E-state index contributed by atoms with van der Waals surface area (Å²) in [6.07, 6.45) is 0. The Bertz CT molecular complexity index is 377. The lowest BCUT2D eigenvalue weighted by atomic mass is 10.1. The molecule has 0 aliphatic rings. The first-order valence-corrected chi connectivity index (χ1v) is 7.05. The number of hydrogen-bond acceptors (Lipinski definition) is 3. The fourth-order valence-corrected chi connectivity index (χ4v) is 2.27. The number of methoxy groups -OCH3 is 1. The molecule has 0 aromatic heterocycles. The molecule has 0 heterocycles. The zero-order valence-electron chi connectivity index (χ0n) is 13.0. The number of benzene rings is 1. The van der Waals surface area contributed by atoms with Gasteiger partial charge in [-0.2, -0.15) is 0 Å². The van der Waals surface area contributed by atoms with Crippen molar-refractivity contribution >= 4 is 5.69 Å². The van der Waals surface area contributed by atoms with Gasteiger partial charge in [-0.3, -0.25) is 0 Å². The minimum absolute atomic E-state index is 0.667. The molecule has 1 N–H and O–H groups in total. The molecular formula is C16H28N2O. The van der Waals surface area contributed by atoms with Crippen LogP contribution in [0.5, 0.6) is 0 Å². The summed E-state index contributed by atoms with van der Waals surface area (Å²) in [5.74, 6) is 0.667. The quantitative estimate of drug-likeness (QED) is 0.731. The van der Waals surface area contributed by atoms with E-state index in [9.17, 15) is 0 Å². The smallest absolute Gasteiger partial charge is 0.0587 e. The van der Waals surface area contributed by atoms with E-state index in [-0.39, 0.29) is 0 Å². The third kappa shape index (κ3) is 5.62. The molecule has 0 spiro atoms. The molecule has 0 unspecified atom stereocenters. The van der Waals surface area contributed by atoms with Crippen LogP contribution in [0.4, 0.5) is 5.69 Å². The van der Waals surface area contributed by atoms with Crippen LogP contribution in [-0.4, -0.2) is 33.9 Å². The number of nitrogens with one attached hydrogen (secondary N) is 1. The second-order valence-corrected chi connectivity index (χ2v) is 5.58. The van der Waals surface area contributed by atoms with Gasteiger partial charge in [-0.05, 0) is 24.5 Å². The van der Waals surface area contributed by atoms with Crippen molar-refractivity contribution in [2.45, 2.75) is 27.3 Å². The molecule has 0 amide bonds. The maximum atomic E-state index is 5.06. The number of anilines is 1. The minimum Gasteiger partial charge on any atom is -0.383 e. The van der Waals surface area contributed by atoms with Crippen molar-refractivity contribution < 1.29 is 4.74 Å². The first kappa shape index (κ1) is 16.0. The van der Waals surface area contributed by atoms with Crippen LogP contribution in [0, 0.1) is 12.8 Å². The lowest BCUT2D eigenvalue weighted by Gasteiger charge is -2.25. The van der Waals surface area contributed by atoms with Gasteiger partial charge >= 0.3 is 0 Å². The van der Waals surface area contributed by atoms with Crippen LogP contribution >= 0.6 is 0 Å². The summed E-state index contributed by atoms with van der Waals surface area (Å²) >= 11 is 0. The van der Waals surface area contributed by atoms with Crippen molar-refractivity contribution in [3.8, 4) is 0 Å². The van der Waals surface area contributed by atoms with Gasteiger partial charge in [0.05, 0.1) is 6.61 Å². The molecule has 19 heavy (non-hydrogen) atoms. The number of nitrogens with zero attached hydrogens (tertiary/aromatic N) is 1. The molecule has 0 radical (unpaired) electrons. The maximum absolute atomic E-state index is 5.06. The van der Waals surface area contributed by atoms with Crippen molar-refractivity contribution in [2.24, 2.45) is 5.92 Å². The molecule has 0 saturated carbocycles. The average molecular weight is 264 g/mol. The third-order valence-electron chi connectivity index (χ3n) is 3.08. The fraction of sp³-hybridized carbons (Fsp3) is 0.625. The molecule has 108 valence electrons. The summed E-state index contributed by atoms with van der Waals surface area (Å²) in [6, 6.07) is 6.68. The molecule has 0 fully saturated rings. The highest BCUT2D eigenvalue weighted by molar-refractivity contribution is 5.54. The van der Waals surface area contributed by atoms with E-state index in [4.69, 9.17) is 4.74 Å². The van der Waals surface area contributed by atoms with Crippen LogP contribution < -0.4 is 10.2 Å². The molecule has 1 rings (SSSR count). The summed E-state index contributed by atoms with van der Waals surface area (Å²) in [6.45, 7) is 10.3. The highest BCUT2D eigenvalue weighted by Crippen LogP contribution is 2.21. The number of aryl methyl sites for hydroxylation is 1. The SMILES string of the molecule is COCCNCc1cc(C)ccc1N(C)CC(C)C. The molecule has 3 heteroatoms. The van der Waals surface area contributed by atoms with E-state index >= 15 is 0 Å². The molecule has 0 saturated heterocycles. The number of hydrogen-bond donors (Lipinski definition) is 1. The zero-order chi connectivity index (χ0) is 14.3. The Balaban J connectivity index is 2.73. The molecule has 0 atom stereocenters. The van der Waals surface area contributed by atoms with Crippen LogP contribution in [0.2, 0.25) is 0 Å². The molecule has 0 aliphatic heterocycles. The van der Waals surface area contributed by atoms with Gasteiger partial charge in [0.15, 0.2) is 0 Å². The Hall–Kier alpha value is -1.06. The molecule has 0 bridgehead atoms. The summed E-state index contributed by atoms with van der Waals surface area (Å²) < 4.78 is 5.06. The van der Waals surface area contributed by atoms with Gasteiger partial charge in [0, 0.05) is 39.5 Å². The molecule has 1 aromatic rings. The standard InChI is InChI=1S/C16H28N2O/c1-13(2)12-18(4)16-7-6-14(3)10-15(16)11-17-8-9-19-5/h6-7,10,13,17H,8-9,11-12H2,1-5H3. The van der Waals surface area contributed by atoms with Crippen LogP contribution in [-0.2, 0) is 11.3 Å². The second kappa shape index (κ2) is 8.18. The number of ether oxygens (including phenoxy) is 1. The van der Waals surface area contributed by atoms with E-state index in [1.54, 1.807) is 7.11 Å². The predicted octanol–water partition coefficient (Wildman–Crippen LogP) is 2.82. The lowest BCUT2D eigenvalue weighted by molar-refractivity contribution is 0.199. The van der Waals surface area contributed by atoms with Crippen molar-refractivity contribution in [3.63, 3.8) is 0 Å². The number of rotatable bonds is 8. The summed E-state index contributed by atoms with van der Waals surface area (Å²) in [4.78, 5) is 2.34. The Morgan fingerprint density at radius 3 is 2.68 bits per heavy atom. The second-order valence-electron chi connectivity index (χ2n) is 5.58. The van der Waals surface area contributed by atoms with Crippen LogP contribution in [0.1, 0.15) is 25.0 Å². The largest absolute Gasteiger partial charge is 0.383 e. The highest BCUT2D eigenvalue weighted by atomic mass is 16.5. The van der Waals surface area contributed by atoms with Gasteiger partial charge in [-0.25, -0.2) is 0 Å². The highest BCUT2D eigenvalue weighted by Gasteiger charge is 2.09. The van der Waals surface area contributed by atoms with Gasteiger partial charge in [-0.1, -0.05) is 31.5 Å². The van der Waals surface area contributed by atoms with Crippen molar-refractivity contribution in [1.82, 2.24) is 5.32 Å². The van der Waals surface area contributed by atoms with Crippen molar-refractivity contribution in [3.05, 3.63) is 29.3 Å². The topological polar surface area (TPSA) is 24.5 Å². The van der Waals surface area contributed by atoms with Gasteiger partial charge in [0.2, 0.25) is 0 Å². The van der Waals surface area contributed by atoms with E-state index in [1.807, 2.05) is 0 Å². The fourth-order valence-electron chi connectivity index (χ4n) is 2.27. The van der Waals surface area contributed by atoms with E-state index in [2.05, 4.69) is 56.2 Å². The summed E-state index contributed by atoms with van der Waals surface area (Å²) in [5, 5.41) is 3.43. The molecule has 0 aliphatic carbocycles. The van der Waals surface area contributed by atoms with Crippen LogP contribution in [0.25, 0.3) is 0 Å². The van der Waals surface area contributed by atoms with Gasteiger partial charge in [0.1, 0.15) is 0 Å². The first-order chi connectivity index (χ1) is 9.04. The van der Waals surface area contributed by atoms with E-state index in [1.165, 1.54) is 16.8 Å². The van der Waals surface area contributed by atoms with E-state index < -0.39 is 0 Å². The average Bonchev–Trinajstić information content (AvgIpc) is 2.34. The first-order valence-electron chi connectivity index (χ1n) is 7.05. The predicted molar refractivity (Wildman–Crippen MR) is 82.9 cm³/mol.